The van der Waals surface area contributed by atoms with E-state index in [2.05, 4.69) is 24.1 Å². The van der Waals surface area contributed by atoms with Crippen molar-refractivity contribution in [3.8, 4) is 0 Å². The minimum atomic E-state index is -0.0834. The van der Waals surface area contributed by atoms with Crippen LogP contribution in [0.2, 0.25) is 0 Å². The fourth-order valence-corrected chi connectivity index (χ4v) is 2.55. The number of hydrogen-bond acceptors (Lipinski definition) is 2. The van der Waals surface area contributed by atoms with Gasteiger partial charge in [0.05, 0.1) is 5.69 Å². The van der Waals surface area contributed by atoms with E-state index in [1.165, 1.54) is 0 Å². The van der Waals surface area contributed by atoms with Crippen LogP contribution in [0.25, 0.3) is 0 Å². The Hall–Kier alpha value is -1.09. The van der Waals surface area contributed by atoms with Crippen LogP contribution in [-0.4, -0.2) is 19.6 Å². The van der Waals surface area contributed by atoms with Gasteiger partial charge in [0.1, 0.15) is 5.82 Å². The average Bonchev–Trinajstić information content (AvgIpc) is 2.38. The summed E-state index contributed by atoms with van der Waals surface area (Å²) in [5.41, 5.74) is 1.89. The normalized spacial score (nSPS) is 17.2. The highest BCUT2D eigenvalue weighted by Gasteiger charge is 2.20. The van der Waals surface area contributed by atoms with Gasteiger partial charge in [-0.3, -0.25) is 0 Å². The molecule has 2 rings (SSSR count). The molecule has 0 atom stereocenters. The molecule has 0 amide bonds. The standard InChI is InChI=1S/C15H23FN2/c1-3-17-11-13-5-4-6-14(16)15(13)18-9-7-12(2)8-10-18/h4-6,12,17H,3,7-11H2,1-2H3. The highest BCUT2D eigenvalue weighted by Crippen LogP contribution is 2.28. The maximum Gasteiger partial charge on any atom is 0.146 e. The van der Waals surface area contributed by atoms with E-state index in [-0.39, 0.29) is 5.82 Å². The Bertz CT molecular complexity index is 384. The maximum absolute atomic E-state index is 14.1. The number of rotatable bonds is 4. The second-order valence-corrected chi connectivity index (χ2v) is 5.20. The maximum atomic E-state index is 14.1. The van der Waals surface area contributed by atoms with Gasteiger partial charge in [-0.15, -0.1) is 0 Å². The minimum Gasteiger partial charge on any atom is -0.369 e. The van der Waals surface area contributed by atoms with Gasteiger partial charge < -0.3 is 10.2 Å². The molecule has 1 aliphatic heterocycles. The molecule has 0 aromatic heterocycles. The number of nitrogens with one attached hydrogen (secondary N) is 1. The first-order valence-electron chi connectivity index (χ1n) is 6.95. The number of benzene rings is 1. The summed E-state index contributed by atoms with van der Waals surface area (Å²) in [5, 5.41) is 3.29. The van der Waals surface area contributed by atoms with E-state index in [1.807, 2.05) is 6.07 Å². The monoisotopic (exact) mass is 250 g/mol. The van der Waals surface area contributed by atoms with Gasteiger partial charge >= 0.3 is 0 Å². The van der Waals surface area contributed by atoms with Crippen LogP contribution < -0.4 is 10.2 Å². The van der Waals surface area contributed by atoms with E-state index >= 15 is 0 Å². The molecule has 1 N–H and O–H groups in total. The molecule has 1 aromatic carbocycles. The summed E-state index contributed by atoms with van der Waals surface area (Å²) in [7, 11) is 0. The van der Waals surface area contributed by atoms with Crippen molar-refractivity contribution in [1.29, 1.82) is 0 Å². The fraction of sp³-hybridized carbons (Fsp3) is 0.600. The molecule has 100 valence electrons. The van der Waals surface area contributed by atoms with Crippen molar-refractivity contribution in [3.05, 3.63) is 29.6 Å². The second-order valence-electron chi connectivity index (χ2n) is 5.20. The van der Waals surface area contributed by atoms with Crippen LogP contribution in [0.5, 0.6) is 0 Å². The largest absolute Gasteiger partial charge is 0.369 e. The first-order chi connectivity index (χ1) is 8.72. The zero-order chi connectivity index (χ0) is 13.0. The summed E-state index contributed by atoms with van der Waals surface area (Å²) < 4.78 is 14.1. The Morgan fingerprint density at radius 1 is 1.33 bits per heavy atom. The lowest BCUT2D eigenvalue weighted by Gasteiger charge is -2.33. The molecule has 18 heavy (non-hydrogen) atoms. The second kappa shape index (κ2) is 6.19. The molecular formula is C15H23FN2. The summed E-state index contributed by atoms with van der Waals surface area (Å²) in [6.07, 6.45) is 2.32. The molecule has 0 saturated carbocycles. The molecule has 1 saturated heterocycles. The lowest BCUT2D eigenvalue weighted by Crippen LogP contribution is -2.34. The van der Waals surface area contributed by atoms with E-state index in [4.69, 9.17) is 0 Å². The summed E-state index contributed by atoms with van der Waals surface area (Å²) in [4.78, 5) is 2.21. The number of anilines is 1. The summed E-state index contributed by atoms with van der Waals surface area (Å²) >= 11 is 0. The molecule has 1 fully saturated rings. The lowest BCUT2D eigenvalue weighted by molar-refractivity contribution is 0.433. The Balaban J connectivity index is 2.19. The van der Waals surface area contributed by atoms with Crippen LogP contribution in [0.4, 0.5) is 10.1 Å². The SMILES string of the molecule is CCNCc1cccc(F)c1N1CCC(C)CC1. The Morgan fingerprint density at radius 2 is 2.06 bits per heavy atom. The molecule has 1 aromatic rings. The Kier molecular flexibility index (Phi) is 4.59. The zero-order valence-electron chi connectivity index (χ0n) is 11.4. The number of piperidine rings is 1. The van der Waals surface area contributed by atoms with Crippen LogP contribution in [0, 0.1) is 11.7 Å². The summed E-state index contributed by atoms with van der Waals surface area (Å²) in [5.74, 6) is 0.685. The molecule has 2 nitrogen and oxygen atoms in total. The van der Waals surface area contributed by atoms with Gasteiger partial charge in [0.25, 0.3) is 0 Å². The molecular weight excluding hydrogens is 227 g/mol. The number of nitrogens with zero attached hydrogens (tertiary/aromatic N) is 1. The topological polar surface area (TPSA) is 15.3 Å². The number of hydrogen-bond donors (Lipinski definition) is 1. The quantitative estimate of drug-likeness (QED) is 0.883. The molecule has 0 spiro atoms. The smallest absolute Gasteiger partial charge is 0.146 e. The Morgan fingerprint density at radius 3 is 2.72 bits per heavy atom. The van der Waals surface area contributed by atoms with Gasteiger partial charge in [0.15, 0.2) is 0 Å². The van der Waals surface area contributed by atoms with Crippen molar-refractivity contribution in [2.45, 2.75) is 33.2 Å². The van der Waals surface area contributed by atoms with Crippen molar-refractivity contribution < 1.29 is 4.39 Å². The van der Waals surface area contributed by atoms with Crippen molar-refractivity contribution in [3.63, 3.8) is 0 Å². The van der Waals surface area contributed by atoms with Gasteiger partial charge in [-0.25, -0.2) is 4.39 Å². The highest BCUT2D eigenvalue weighted by atomic mass is 19.1. The van der Waals surface area contributed by atoms with Crippen molar-refractivity contribution in [2.75, 3.05) is 24.5 Å². The molecule has 1 heterocycles. The predicted octanol–water partition coefficient (Wildman–Crippen LogP) is 3.17. The van der Waals surface area contributed by atoms with Gasteiger partial charge in [-0.1, -0.05) is 26.0 Å². The van der Waals surface area contributed by atoms with Crippen LogP contribution in [0.1, 0.15) is 32.3 Å². The molecule has 0 bridgehead atoms. The van der Waals surface area contributed by atoms with E-state index in [9.17, 15) is 4.39 Å². The van der Waals surface area contributed by atoms with Crippen LogP contribution in [0.15, 0.2) is 18.2 Å². The average molecular weight is 250 g/mol. The Labute approximate surface area is 109 Å². The van der Waals surface area contributed by atoms with Gasteiger partial charge in [-0.05, 0) is 36.9 Å². The van der Waals surface area contributed by atoms with E-state index < -0.39 is 0 Å². The first-order valence-corrected chi connectivity index (χ1v) is 6.95. The molecule has 0 unspecified atom stereocenters. The molecule has 3 heteroatoms. The highest BCUT2D eigenvalue weighted by molar-refractivity contribution is 5.55. The molecule has 0 aliphatic carbocycles. The lowest BCUT2D eigenvalue weighted by atomic mass is 9.98. The van der Waals surface area contributed by atoms with Crippen LogP contribution in [0.3, 0.4) is 0 Å². The van der Waals surface area contributed by atoms with Gasteiger partial charge in [-0.2, -0.15) is 0 Å². The summed E-state index contributed by atoms with van der Waals surface area (Å²) in [6, 6.07) is 5.40. The van der Waals surface area contributed by atoms with E-state index in [0.717, 1.165) is 56.2 Å². The van der Waals surface area contributed by atoms with Crippen molar-refractivity contribution in [1.82, 2.24) is 5.32 Å². The predicted molar refractivity (Wildman–Crippen MR) is 74.4 cm³/mol. The molecule has 0 radical (unpaired) electrons. The van der Waals surface area contributed by atoms with E-state index in [0.29, 0.717) is 0 Å². The van der Waals surface area contributed by atoms with Gasteiger partial charge in [0.2, 0.25) is 0 Å². The van der Waals surface area contributed by atoms with Crippen molar-refractivity contribution in [2.24, 2.45) is 5.92 Å². The fourth-order valence-electron chi connectivity index (χ4n) is 2.55. The van der Waals surface area contributed by atoms with Crippen molar-refractivity contribution >= 4 is 5.69 Å². The third-order valence-electron chi connectivity index (χ3n) is 3.74. The first kappa shape index (κ1) is 13.3. The van der Waals surface area contributed by atoms with Gasteiger partial charge in [0, 0.05) is 19.6 Å². The zero-order valence-corrected chi connectivity index (χ0v) is 11.4. The number of para-hydroxylation sites is 1. The number of halogens is 1. The summed E-state index contributed by atoms with van der Waals surface area (Å²) in [6.45, 7) is 7.95. The molecule has 1 aliphatic rings. The van der Waals surface area contributed by atoms with Crippen LogP contribution >= 0.6 is 0 Å². The van der Waals surface area contributed by atoms with E-state index in [1.54, 1.807) is 12.1 Å². The third kappa shape index (κ3) is 3.02. The minimum absolute atomic E-state index is 0.0834. The third-order valence-corrected chi connectivity index (χ3v) is 3.74. The van der Waals surface area contributed by atoms with Crippen LogP contribution in [-0.2, 0) is 6.54 Å².